The van der Waals surface area contributed by atoms with E-state index >= 15 is 0 Å². The lowest BCUT2D eigenvalue weighted by atomic mass is 9.93. The van der Waals surface area contributed by atoms with E-state index in [1.54, 1.807) is 13.8 Å². The van der Waals surface area contributed by atoms with Crippen molar-refractivity contribution in [1.29, 1.82) is 0 Å². The number of rotatable bonds is 2. The van der Waals surface area contributed by atoms with E-state index in [9.17, 15) is 18.0 Å². The lowest BCUT2D eigenvalue weighted by Crippen LogP contribution is -2.47. The highest BCUT2D eigenvalue weighted by molar-refractivity contribution is 5.78. The Kier molecular flexibility index (Phi) is 4.80. The first kappa shape index (κ1) is 14.3. The van der Waals surface area contributed by atoms with Gasteiger partial charge in [0.15, 0.2) is 0 Å². The number of amides is 1. The molecule has 6 heteroatoms. The monoisotopic (exact) mass is 252 g/mol. The number of carbonyl (C=O) groups excluding carboxylic acids is 1. The van der Waals surface area contributed by atoms with Crippen LogP contribution in [0.4, 0.5) is 13.2 Å². The highest BCUT2D eigenvalue weighted by atomic mass is 19.4. The number of halogens is 3. The summed E-state index contributed by atoms with van der Waals surface area (Å²) in [6, 6.07) is -0.806. The van der Waals surface area contributed by atoms with Gasteiger partial charge in [0.1, 0.15) is 0 Å². The molecular weight excluding hydrogens is 233 g/mol. The lowest BCUT2D eigenvalue weighted by molar-refractivity contribution is -0.183. The quantitative estimate of drug-likeness (QED) is 0.785. The maximum absolute atomic E-state index is 12.8. The minimum atomic E-state index is -4.25. The van der Waals surface area contributed by atoms with Gasteiger partial charge in [0.25, 0.3) is 0 Å². The molecule has 1 heterocycles. The average Bonchev–Trinajstić information content (AvgIpc) is 2.41. The van der Waals surface area contributed by atoms with E-state index in [1.807, 2.05) is 0 Å². The fraction of sp³-hybridized carbons (Fsp3) is 0.909. The summed E-state index contributed by atoms with van der Waals surface area (Å²) in [5, 5.41) is 5.45. The smallest absolute Gasteiger partial charge is 0.352 e. The third kappa shape index (κ3) is 4.18. The standard InChI is InChI=1S/C11H19F3N2O/c1-7(2)10(17)16-9-4-6-15-5-3-8(9)11(12,13)14/h7-9,15H,3-6H2,1-2H3,(H,16,17). The molecule has 0 spiro atoms. The SMILES string of the molecule is CC(C)C(=O)NC1CCNCCC1C(F)(F)F. The Labute approximate surface area is 99.1 Å². The van der Waals surface area contributed by atoms with Gasteiger partial charge in [-0.3, -0.25) is 4.79 Å². The molecule has 1 fully saturated rings. The first-order valence-corrected chi connectivity index (χ1v) is 5.90. The number of hydrogen-bond acceptors (Lipinski definition) is 2. The molecule has 0 aliphatic carbocycles. The number of hydrogen-bond donors (Lipinski definition) is 2. The van der Waals surface area contributed by atoms with E-state index in [1.165, 1.54) is 0 Å². The van der Waals surface area contributed by atoms with Crippen molar-refractivity contribution in [1.82, 2.24) is 10.6 Å². The molecule has 2 N–H and O–H groups in total. The number of alkyl halides is 3. The Morgan fingerprint density at radius 2 is 1.88 bits per heavy atom. The number of nitrogens with one attached hydrogen (secondary N) is 2. The molecule has 1 aliphatic heterocycles. The van der Waals surface area contributed by atoms with Crippen LogP contribution < -0.4 is 10.6 Å². The van der Waals surface area contributed by atoms with Crippen molar-refractivity contribution in [2.75, 3.05) is 13.1 Å². The predicted octanol–water partition coefficient (Wildman–Crippen LogP) is 1.69. The van der Waals surface area contributed by atoms with Crippen LogP contribution in [-0.4, -0.2) is 31.2 Å². The van der Waals surface area contributed by atoms with E-state index in [-0.39, 0.29) is 18.2 Å². The molecule has 2 atom stereocenters. The molecule has 1 amide bonds. The fourth-order valence-corrected chi connectivity index (χ4v) is 1.96. The van der Waals surface area contributed by atoms with Crippen LogP contribution in [-0.2, 0) is 4.79 Å². The van der Waals surface area contributed by atoms with E-state index in [2.05, 4.69) is 10.6 Å². The lowest BCUT2D eigenvalue weighted by Gasteiger charge is -2.28. The van der Waals surface area contributed by atoms with Crippen molar-refractivity contribution in [3.63, 3.8) is 0 Å². The van der Waals surface area contributed by atoms with Gasteiger partial charge in [0, 0.05) is 12.0 Å². The van der Waals surface area contributed by atoms with E-state index in [4.69, 9.17) is 0 Å². The molecule has 0 aromatic heterocycles. The second kappa shape index (κ2) is 5.71. The first-order chi connectivity index (χ1) is 7.82. The van der Waals surface area contributed by atoms with Gasteiger partial charge in [-0.05, 0) is 25.9 Å². The zero-order valence-corrected chi connectivity index (χ0v) is 10.1. The van der Waals surface area contributed by atoms with Crippen LogP contribution in [0.5, 0.6) is 0 Å². The predicted molar refractivity (Wildman–Crippen MR) is 58.4 cm³/mol. The molecule has 0 saturated carbocycles. The average molecular weight is 252 g/mol. The van der Waals surface area contributed by atoms with Crippen LogP contribution in [0.15, 0.2) is 0 Å². The van der Waals surface area contributed by atoms with E-state index in [0.717, 1.165) is 0 Å². The Bertz CT molecular complexity index is 266. The highest BCUT2D eigenvalue weighted by Gasteiger charge is 2.45. The topological polar surface area (TPSA) is 41.1 Å². The van der Waals surface area contributed by atoms with Gasteiger partial charge in [0.2, 0.25) is 5.91 Å². The maximum atomic E-state index is 12.8. The van der Waals surface area contributed by atoms with Gasteiger partial charge in [-0.15, -0.1) is 0 Å². The van der Waals surface area contributed by atoms with Crippen molar-refractivity contribution in [3.8, 4) is 0 Å². The van der Waals surface area contributed by atoms with Crippen molar-refractivity contribution >= 4 is 5.91 Å². The van der Waals surface area contributed by atoms with Gasteiger partial charge in [-0.25, -0.2) is 0 Å². The summed E-state index contributed by atoms with van der Waals surface area (Å²) in [5.74, 6) is -2.05. The van der Waals surface area contributed by atoms with E-state index < -0.39 is 18.1 Å². The highest BCUT2D eigenvalue weighted by Crippen LogP contribution is 2.33. The van der Waals surface area contributed by atoms with Crippen LogP contribution in [0.2, 0.25) is 0 Å². The molecule has 17 heavy (non-hydrogen) atoms. The van der Waals surface area contributed by atoms with E-state index in [0.29, 0.717) is 19.5 Å². The van der Waals surface area contributed by atoms with Gasteiger partial charge in [-0.2, -0.15) is 13.2 Å². The molecule has 3 nitrogen and oxygen atoms in total. The molecule has 100 valence electrons. The van der Waals surface area contributed by atoms with Crippen LogP contribution in [0.3, 0.4) is 0 Å². The Balaban J connectivity index is 2.72. The minimum absolute atomic E-state index is 0.0204. The Morgan fingerprint density at radius 3 is 2.41 bits per heavy atom. The molecular formula is C11H19F3N2O. The van der Waals surface area contributed by atoms with Gasteiger partial charge >= 0.3 is 6.18 Å². The summed E-state index contributed by atoms with van der Waals surface area (Å²) in [4.78, 5) is 11.5. The molecule has 0 radical (unpaired) electrons. The minimum Gasteiger partial charge on any atom is -0.352 e. The molecule has 2 unspecified atom stereocenters. The van der Waals surface area contributed by atoms with Crippen molar-refractivity contribution in [3.05, 3.63) is 0 Å². The molecule has 1 aliphatic rings. The summed E-state index contributed by atoms with van der Waals surface area (Å²) >= 11 is 0. The molecule has 0 aromatic rings. The van der Waals surface area contributed by atoms with Crippen molar-refractivity contribution in [2.45, 2.75) is 38.9 Å². The molecule has 1 saturated heterocycles. The van der Waals surface area contributed by atoms with Crippen molar-refractivity contribution in [2.24, 2.45) is 11.8 Å². The summed E-state index contributed by atoms with van der Waals surface area (Å²) in [6.07, 6.45) is -3.91. The fourth-order valence-electron chi connectivity index (χ4n) is 1.96. The van der Waals surface area contributed by atoms with Gasteiger partial charge < -0.3 is 10.6 Å². The third-order valence-electron chi connectivity index (χ3n) is 3.02. The van der Waals surface area contributed by atoms with Gasteiger partial charge in [0.05, 0.1) is 5.92 Å². The van der Waals surface area contributed by atoms with Crippen LogP contribution >= 0.6 is 0 Å². The summed E-state index contributed by atoms with van der Waals surface area (Å²) in [6.45, 7) is 4.20. The first-order valence-electron chi connectivity index (χ1n) is 5.90. The Morgan fingerprint density at radius 1 is 1.29 bits per heavy atom. The normalized spacial score (nSPS) is 26.7. The van der Waals surface area contributed by atoms with Crippen molar-refractivity contribution < 1.29 is 18.0 Å². The second-order valence-electron chi connectivity index (χ2n) is 4.75. The van der Waals surface area contributed by atoms with Crippen LogP contribution in [0.25, 0.3) is 0 Å². The molecule has 1 rings (SSSR count). The zero-order valence-electron chi connectivity index (χ0n) is 10.1. The summed E-state index contributed by atoms with van der Waals surface area (Å²) in [5.41, 5.74) is 0. The summed E-state index contributed by atoms with van der Waals surface area (Å²) in [7, 11) is 0. The molecule has 0 bridgehead atoms. The third-order valence-corrected chi connectivity index (χ3v) is 3.02. The van der Waals surface area contributed by atoms with Crippen LogP contribution in [0.1, 0.15) is 26.7 Å². The largest absolute Gasteiger partial charge is 0.393 e. The number of carbonyl (C=O) groups is 1. The Hall–Kier alpha value is -0.780. The second-order valence-corrected chi connectivity index (χ2v) is 4.75. The molecule has 0 aromatic carbocycles. The maximum Gasteiger partial charge on any atom is 0.393 e. The van der Waals surface area contributed by atoms with Gasteiger partial charge in [-0.1, -0.05) is 13.8 Å². The summed E-state index contributed by atoms with van der Waals surface area (Å²) < 4.78 is 38.5. The zero-order chi connectivity index (χ0) is 13.1. The van der Waals surface area contributed by atoms with Crippen LogP contribution in [0, 0.1) is 11.8 Å².